The van der Waals surface area contributed by atoms with Crippen molar-refractivity contribution in [3.63, 3.8) is 0 Å². The van der Waals surface area contributed by atoms with Gasteiger partial charge in [0.05, 0.1) is 11.6 Å². The molecular formula is C14H26N4O3. The van der Waals surface area contributed by atoms with E-state index in [1.165, 1.54) is 11.6 Å². The van der Waals surface area contributed by atoms with Crippen LogP contribution in [0, 0.1) is 0 Å². The maximum absolute atomic E-state index is 12.3. The van der Waals surface area contributed by atoms with Gasteiger partial charge in [-0.2, -0.15) is 0 Å². The number of nitrogen functional groups attached to an aromatic ring is 1. The van der Waals surface area contributed by atoms with E-state index >= 15 is 0 Å². The van der Waals surface area contributed by atoms with Crippen molar-refractivity contribution in [2.45, 2.75) is 58.7 Å². The Morgan fingerprint density at radius 2 is 1.95 bits per heavy atom. The van der Waals surface area contributed by atoms with Crippen LogP contribution in [0.25, 0.3) is 0 Å². The van der Waals surface area contributed by atoms with Crippen LogP contribution >= 0.6 is 0 Å². The molecular weight excluding hydrogens is 272 g/mol. The third kappa shape index (κ3) is 3.47. The molecule has 1 aromatic rings. The van der Waals surface area contributed by atoms with Gasteiger partial charge in [-0.05, 0) is 27.2 Å². The molecule has 21 heavy (non-hydrogen) atoms. The van der Waals surface area contributed by atoms with E-state index in [1.807, 2.05) is 6.92 Å². The first-order valence-corrected chi connectivity index (χ1v) is 7.19. The van der Waals surface area contributed by atoms with E-state index in [4.69, 9.17) is 5.73 Å². The van der Waals surface area contributed by atoms with Crippen molar-refractivity contribution < 1.29 is 5.11 Å². The number of aliphatic hydroxyl groups excluding tert-OH is 1. The van der Waals surface area contributed by atoms with Gasteiger partial charge >= 0.3 is 5.69 Å². The number of unbranched alkanes of at least 4 members (excludes halogenated alkanes) is 1. The number of hydrogen-bond acceptors (Lipinski definition) is 5. The Morgan fingerprint density at radius 3 is 2.43 bits per heavy atom. The molecule has 120 valence electrons. The molecule has 0 saturated heterocycles. The molecule has 7 heteroatoms. The van der Waals surface area contributed by atoms with E-state index in [9.17, 15) is 14.7 Å². The average molecular weight is 298 g/mol. The number of rotatable bonds is 6. The van der Waals surface area contributed by atoms with Gasteiger partial charge < -0.3 is 16.2 Å². The summed E-state index contributed by atoms with van der Waals surface area (Å²) in [6.45, 7) is 7.62. The molecule has 1 unspecified atom stereocenters. The molecule has 0 fully saturated rings. The molecule has 4 N–H and O–H groups in total. The van der Waals surface area contributed by atoms with E-state index in [0.717, 1.165) is 17.4 Å². The van der Waals surface area contributed by atoms with Crippen molar-refractivity contribution in [1.82, 2.24) is 9.13 Å². The van der Waals surface area contributed by atoms with Gasteiger partial charge in [0.1, 0.15) is 11.5 Å². The van der Waals surface area contributed by atoms with Crippen LogP contribution in [0.1, 0.15) is 40.5 Å². The van der Waals surface area contributed by atoms with E-state index in [2.05, 4.69) is 5.32 Å². The summed E-state index contributed by atoms with van der Waals surface area (Å²) in [5.74, 6) is 0.116. The van der Waals surface area contributed by atoms with Crippen LogP contribution in [0.2, 0.25) is 0 Å². The molecule has 0 amide bonds. The monoisotopic (exact) mass is 298 g/mol. The lowest BCUT2D eigenvalue weighted by atomic mass is 9.98. The molecule has 0 radical (unpaired) electrons. The summed E-state index contributed by atoms with van der Waals surface area (Å²) in [6, 6.07) is 0. The van der Waals surface area contributed by atoms with Crippen molar-refractivity contribution in [3.8, 4) is 0 Å². The van der Waals surface area contributed by atoms with Gasteiger partial charge in [0.15, 0.2) is 0 Å². The fourth-order valence-corrected chi connectivity index (χ4v) is 1.86. The normalized spacial score (nSPS) is 13.2. The number of aliphatic hydroxyl groups is 1. The number of aromatic nitrogens is 2. The zero-order valence-electron chi connectivity index (χ0n) is 13.4. The predicted molar refractivity (Wildman–Crippen MR) is 84.6 cm³/mol. The number of nitrogens with one attached hydrogen (secondary N) is 1. The quantitative estimate of drug-likeness (QED) is 0.710. The van der Waals surface area contributed by atoms with Gasteiger partial charge in [0.2, 0.25) is 0 Å². The van der Waals surface area contributed by atoms with Crippen LogP contribution in [0.5, 0.6) is 0 Å². The van der Waals surface area contributed by atoms with Crippen LogP contribution < -0.4 is 22.3 Å². The second-order valence-electron chi connectivity index (χ2n) is 5.93. The number of nitrogens with zero attached hydrogens (tertiary/aromatic N) is 2. The van der Waals surface area contributed by atoms with Crippen LogP contribution in [-0.4, -0.2) is 25.9 Å². The first kappa shape index (κ1) is 17.3. The van der Waals surface area contributed by atoms with Crippen LogP contribution in [0.4, 0.5) is 11.5 Å². The second kappa shape index (κ2) is 6.34. The van der Waals surface area contributed by atoms with Gasteiger partial charge in [0, 0.05) is 13.6 Å². The number of anilines is 2. The van der Waals surface area contributed by atoms with Gasteiger partial charge in [-0.25, -0.2) is 4.79 Å². The van der Waals surface area contributed by atoms with Crippen molar-refractivity contribution in [2.75, 3.05) is 11.1 Å². The fourth-order valence-electron chi connectivity index (χ4n) is 1.86. The van der Waals surface area contributed by atoms with Gasteiger partial charge in [-0.1, -0.05) is 13.3 Å². The molecule has 1 aromatic heterocycles. The van der Waals surface area contributed by atoms with Crippen molar-refractivity contribution in [2.24, 2.45) is 7.05 Å². The number of hydrogen-bond donors (Lipinski definition) is 3. The highest BCUT2D eigenvalue weighted by Gasteiger charge is 2.27. The first-order chi connectivity index (χ1) is 9.63. The Labute approximate surface area is 124 Å². The minimum atomic E-state index is -0.743. The van der Waals surface area contributed by atoms with Gasteiger partial charge in [0.25, 0.3) is 5.56 Å². The summed E-state index contributed by atoms with van der Waals surface area (Å²) in [6.07, 6.45) is 1.01. The zero-order chi connectivity index (χ0) is 16.4. The third-order valence-electron chi connectivity index (χ3n) is 3.81. The molecule has 0 aliphatic heterocycles. The molecule has 0 saturated carbocycles. The molecule has 0 aliphatic carbocycles. The largest absolute Gasteiger partial charge is 0.391 e. The van der Waals surface area contributed by atoms with Crippen LogP contribution in [0.15, 0.2) is 9.59 Å². The molecule has 1 atom stereocenters. The first-order valence-electron chi connectivity index (χ1n) is 7.19. The van der Waals surface area contributed by atoms with E-state index in [-0.39, 0.29) is 11.5 Å². The summed E-state index contributed by atoms with van der Waals surface area (Å²) in [5, 5.41) is 12.7. The Balaban J connectivity index is 3.42. The van der Waals surface area contributed by atoms with Gasteiger partial charge in [-0.15, -0.1) is 0 Å². The van der Waals surface area contributed by atoms with Crippen molar-refractivity contribution >= 4 is 11.5 Å². The summed E-state index contributed by atoms with van der Waals surface area (Å²) in [7, 11) is 1.42. The fraction of sp³-hybridized carbons (Fsp3) is 0.714. The lowest BCUT2D eigenvalue weighted by Crippen LogP contribution is -2.47. The molecule has 0 bridgehead atoms. The highest BCUT2D eigenvalue weighted by molar-refractivity contribution is 5.62. The Hall–Kier alpha value is -1.76. The summed E-state index contributed by atoms with van der Waals surface area (Å²) in [5.41, 5.74) is 4.50. The third-order valence-corrected chi connectivity index (χ3v) is 3.81. The molecule has 7 nitrogen and oxygen atoms in total. The van der Waals surface area contributed by atoms with Gasteiger partial charge in [-0.3, -0.25) is 13.9 Å². The van der Waals surface area contributed by atoms with E-state index in [1.54, 1.807) is 20.8 Å². The molecule has 0 spiro atoms. The smallest absolute Gasteiger partial charge is 0.332 e. The molecule has 0 aromatic carbocycles. The average Bonchev–Trinajstić information content (AvgIpc) is 2.41. The molecule has 0 aliphatic rings. The highest BCUT2D eigenvalue weighted by Crippen LogP contribution is 2.20. The summed E-state index contributed by atoms with van der Waals surface area (Å²) >= 11 is 0. The lowest BCUT2D eigenvalue weighted by Gasteiger charge is -2.31. The predicted octanol–water partition coefficient (Wildman–Crippen LogP) is 0.501. The van der Waals surface area contributed by atoms with E-state index < -0.39 is 22.9 Å². The Bertz CT molecular complexity index is 614. The summed E-state index contributed by atoms with van der Waals surface area (Å²) < 4.78 is 2.43. The zero-order valence-corrected chi connectivity index (χ0v) is 13.4. The lowest BCUT2D eigenvalue weighted by molar-refractivity contribution is 0.133. The Kier molecular flexibility index (Phi) is 5.22. The van der Waals surface area contributed by atoms with Crippen molar-refractivity contribution in [1.29, 1.82) is 0 Å². The maximum Gasteiger partial charge on any atom is 0.332 e. The second-order valence-corrected chi connectivity index (χ2v) is 5.93. The Morgan fingerprint density at radius 1 is 1.38 bits per heavy atom. The summed E-state index contributed by atoms with van der Waals surface area (Å²) in [4.78, 5) is 24.4. The SMILES string of the molecule is CCCCn1c(N)c(NC(C)(C)C(C)O)c(=O)n(C)c1=O. The minimum absolute atomic E-state index is 0.116. The van der Waals surface area contributed by atoms with Crippen LogP contribution in [-0.2, 0) is 13.6 Å². The minimum Gasteiger partial charge on any atom is -0.391 e. The van der Waals surface area contributed by atoms with Crippen molar-refractivity contribution in [3.05, 3.63) is 20.8 Å². The molecule has 1 rings (SSSR count). The standard InChI is InChI=1S/C14H26N4O3/c1-6-7-8-18-11(15)10(12(20)17(5)13(18)21)16-14(3,4)9(2)19/h9,16,19H,6-8,15H2,1-5H3. The van der Waals surface area contributed by atoms with Crippen LogP contribution in [0.3, 0.4) is 0 Å². The topological polar surface area (TPSA) is 102 Å². The highest BCUT2D eigenvalue weighted by atomic mass is 16.3. The van der Waals surface area contributed by atoms with E-state index in [0.29, 0.717) is 6.54 Å². The molecule has 1 heterocycles. The maximum atomic E-state index is 12.3. The number of nitrogens with two attached hydrogens (primary N) is 1.